The Kier molecular flexibility index (Phi) is 9.42. The lowest BCUT2D eigenvalue weighted by Crippen LogP contribution is -2.22. The van der Waals surface area contributed by atoms with Crippen LogP contribution in [-0.4, -0.2) is 21.7 Å². The third-order valence-electron chi connectivity index (χ3n) is 7.94. The highest BCUT2D eigenvalue weighted by Crippen LogP contribution is 2.39. The van der Waals surface area contributed by atoms with Gasteiger partial charge in [-0.2, -0.15) is 18.4 Å². The zero-order valence-electron chi connectivity index (χ0n) is 24.8. The van der Waals surface area contributed by atoms with Gasteiger partial charge in [-0.3, -0.25) is 9.78 Å². The first-order valence-electron chi connectivity index (χ1n) is 14.4. The smallest absolute Gasteiger partial charge is 0.325 e. The molecule has 1 aromatic heterocycles. The number of halogens is 3. The van der Waals surface area contributed by atoms with Crippen LogP contribution in [0.4, 0.5) is 18.9 Å². The zero-order chi connectivity index (χ0) is 31.4. The van der Waals surface area contributed by atoms with Crippen molar-refractivity contribution in [3.05, 3.63) is 124 Å². The molecule has 3 aromatic carbocycles. The summed E-state index contributed by atoms with van der Waals surface area (Å²) < 4.78 is 42.7. The number of nitrogens with one attached hydrogen (secondary N) is 1. The highest BCUT2D eigenvalue weighted by Gasteiger charge is 2.32. The first-order valence-corrected chi connectivity index (χ1v) is 15.2. The number of alkyl halides is 3. The van der Waals surface area contributed by atoms with Gasteiger partial charge in [-0.1, -0.05) is 37.3 Å². The van der Waals surface area contributed by atoms with Gasteiger partial charge in [-0.25, -0.2) is 4.31 Å². The fourth-order valence-electron chi connectivity index (χ4n) is 5.69. The molecule has 0 fully saturated rings. The molecule has 1 N–H and O–H groups in total. The number of pyridine rings is 1. The average molecular weight is 615 g/mol. The lowest BCUT2D eigenvalue weighted by Gasteiger charge is -2.25. The predicted molar refractivity (Wildman–Crippen MR) is 167 cm³/mol. The molecule has 5 nitrogen and oxygen atoms in total. The summed E-state index contributed by atoms with van der Waals surface area (Å²) in [6.45, 7) is 7.34. The standard InChI is InChI=1S/C35H33F3N4OS/c1-22-13-27-9-10-29(35(36,37)38)16-33(27)44-42(20-22)21-28-15-26(8-6-23(28)2)32(31-11-7-25(18-39)14-24(31)3)17-34(43)41-30-5-4-12-40-19-30/h4-12,14-16,19,22,32H,13,17,20-21H2,1-3H3,(H,41,43). The number of amides is 1. The number of carbonyl (C=O) groups is 1. The summed E-state index contributed by atoms with van der Waals surface area (Å²) in [7, 11) is 0. The van der Waals surface area contributed by atoms with E-state index in [9.17, 15) is 23.2 Å². The molecule has 9 heteroatoms. The number of nitriles is 1. The van der Waals surface area contributed by atoms with Crippen LogP contribution in [0.15, 0.2) is 84.0 Å². The summed E-state index contributed by atoms with van der Waals surface area (Å²) in [5.41, 5.74) is 6.38. The van der Waals surface area contributed by atoms with Crippen LogP contribution in [0.25, 0.3) is 0 Å². The molecule has 226 valence electrons. The van der Waals surface area contributed by atoms with Crippen molar-refractivity contribution in [3.8, 4) is 6.07 Å². The van der Waals surface area contributed by atoms with Crippen LogP contribution in [0.2, 0.25) is 0 Å². The summed E-state index contributed by atoms with van der Waals surface area (Å²) >= 11 is 1.38. The predicted octanol–water partition coefficient (Wildman–Crippen LogP) is 8.45. The highest BCUT2D eigenvalue weighted by atomic mass is 32.2. The first-order chi connectivity index (χ1) is 21.0. The SMILES string of the molecule is Cc1ccc(C(CC(=O)Nc2cccnc2)c2ccc(C#N)cc2C)cc1CN1CC(C)Cc2ccc(C(F)(F)F)cc2S1. The highest BCUT2D eigenvalue weighted by molar-refractivity contribution is 7.97. The van der Waals surface area contributed by atoms with Crippen LogP contribution < -0.4 is 5.32 Å². The molecular weight excluding hydrogens is 581 g/mol. The molecule has 1 amide bonds. The van der Waals surface area contributed by atoms with Gasteiger partial charge in [0.1, 0.15) is 0 Å². The van der Waals surface area contributed by atoms with Crippen LogP contribution >= 0.6 is 11.9 Å². The largest absolute Gasteiger partial charge is 0.416 e. The number of fused-ring (bicyclic) bond motifs is 1. The Labute approximate surface area is 260 Å². The van der Waals surface area contributed by atoms with Gasteiger partial charge >= 0.3 is 6.18 Å². The van der Waals surface area contributed by atoms with E-state index < -0.39 is 11.7 Å². The Morgan fingerprint density at radius 3 is 2.64 bits per heavy atom. The molecule has 1 aliphatic rings. The van der Waals surface area contributed by atoms with E-state index in [1.807, 2.05) is 38.1 Å². The molecular formula is C35H33F3N4OS. The van der Waals surface area contributed by atoms with Gasteiger partial charge in [0, 0.05) is 36.5 Å². The van der Waals surface area contributed by atoms with Crippen molar-refractivity contribution in [3.63, 3.8) is 0 Å². The lowest BCUT2D eigenvalue weighted by atomic mass is 9.84. The minimum atomic E-state index is -4.40. The minimum Gasteiger partial charge on any atom is -0.325 e. The monoisotopic (exact) mass is 614 g/mol. The number of anilines is 1. The van der Waals surface area contributed by atoms with Crippen molar-refractivity contribution < 1.29 is 18.0 Å². The number of aromatic nitrogens is 1. The summed E-state index contributed by atoms with van der Waals surface area (Å²) in [4.78, 5) is 18.0. The van der Waals surface area contributed by atoms with Crippen molar-refractivity contribution in [2.24, 2.45) is 5.92 Å². The summed E-state index contributed by atoms with van der Waals surface area (Å²) in [6, 6.07) is 21.5. The maximum atomic E-state index is 13.5. The maximum Gasteiger partial charge on any atom is 0.416 e. The molecule has 2 heterocycles. The third kappa shape index (κ3) is 7.50. The molecule has 1 aliphatic heterocycles. The number of nitrogens with zero attached hydrogens (tertiary/aromatic N) is 3. The van der Waals surface area contributed by atoms with E-state index in [0.717, 1.165) is 39.9 Å². The van der Waals surface area contributed by atoms with E-state index in [1.54, 1.807) is 36.7 Å². The maximum absolute atomic E-state index is 13.5. The summed E-state index contributed by atoms with van der Waals surface area (Å²) in [5.74, 6) is -0.193. The average Bonchev–Trinajstić information content (AvgIpc) is 3.14. The van der Waals surface area contributed by atoms with Crippen molar-refractivity contribution in [1.82, 2.24) is 9.29 Å². The van der Waals surface area contributed by atoms with Crippen LogP contribution in [0.3, 0.4) is 0 Å². The second-order valence-electron chi connectivity index (χ2n) is 11.5. The Morgan fingerprint density at radius 2 is 1.93 bits per heavy atom. The van der Waals surface area contributed by atoms with Crippen LogP contribution in [0.5, 0.6) is 0 Å². The molecule has 0 saturated carbocycles. The number of rotatable bonds is 7. The van der Waals surface area contributed by atoms with Crippen molar-refractivity contribution in [1.29, 1.82) is 5.26 Å². The fraction of sp³-hybridized carbons (Fsp3) is 0.286. The fourth-order valence-corrected chi connectivity index (χ4v) is 6.95. The molecule has 0 aliphatic carbocycles. The van der Waals surface area contributed by atoms with Crippen molar-refractivity contribution >= 4 is 23.5 Å². The molecule has 2 atom stereocenters. The Hall–Kier alpha value is -4.13. The molecule has 0 radical (unpaired) electrons. The van der Waals surface area contributed by atoms with E-state index in [0.29, 0.717) is 29.1 Å². The molecule has 0 saturated heterocycles. The molecule has 2 unspecified atom stereocenters. The minimum absolute atomic E-state index is 0.164. The normalized spacial score (nSPS) is 16.0. The van der Waals surface area contributed by atoms with Gasteiger partial charge in [0.05, 0.1) is 29.1 Å². The number of hydrogen-bond acceptors (Lipinski definition) is 5. The van der Waals surface area contributed by atoms with Crippen molar-refractivity contribution in [2.75, 3.05) is 11.9 Å². The second-order valence-corrected chi connectivity index (χ2v) is 12.6. The molecule has 0 spiro atoms. The third-order valence-corrected chi connectivity index (χ3v) is 9.05. The van der Waals surface area contributed by atoms with E-state index in [2.05, 4.69) is 33.7 Å². The second kappa shape index (κ2) is 13.2. The van der Waals surface area contributed by atoms with E-state index >= 15 is 0 Å². The van der Waals surface area contributed by atoms with Gasteiger partial charge in [-0.05, 0) is 108 Å². The van der Waals surface area contributed by atoms with Gasteiger partial charge in [-0.15, -0.1) is 0 Å². The topological polar surface area (TPSA) is 69.0 Å². The Bertz CT molecular complexity index is 1700. The number of benzene rings is 3. The summed E-state index contributed by atoms with van der Waals surface area (Å²) in [6.07, 6.45) is -0.274. The van der Waals surface area contributed by atoms with E-state index in [4.69, 9.17) is 0 Å². The number of hydrogen-bond donors (Lipinski definition) is 1. The van der Waals surface area contributed by atoms with E-state index in [1.165, 1.54) is 24.1 Å². The van der Waals surface area contributed by atoms with Crippen LogP contribution in [-0.2, 0) is 23.9 Å². The van der Waals surface area contributed by atoms with Gasteiger partial charge in [0.2, 0.25) is 5.91 Å². The van der Waals surface area contributed by atoms with Crippen molar-refractivity contribution in [2.45, 2.75) is 57.1 Å². The van der Waals surface area contributed by atoms with E-state index in [-0.39, 0.29) is 24.2 Å². The zero-order valence-corrected chi connectivity index (χ0v) is 25.6. The number of aryl methyl sites for hydroxylation is 2. The van der Waals surface area contributed by atoms with Gasteiger partial charge in [0.25, 0.3) is 0 Å². The van der Waals surface area contributed by atoms with Crippen LogP contribution in [0, 0.1) is 31.1 Å². The molecule has 44 heavy (non-hydrogen) atoms. The van der Waals surface area contributed by atoms with Crippen LogP contribution in [0.1, 0.15) is 63.8 Å². The lowest BCUT2D eigenvalue weighted by molar-refractivity contribution is -0.137. The van der Waals surface area contributed by atoms with Gasteiger partial charge < -0.3 is 5.32 Å². The molecule has 0 bridgehead atoms. The quantitative estimate of drug-likeness (QED) is 0.212. The Morgan fingerprint density at radius 1 is 1.11 bits per heavy atom. The Balaban J connectivity index is 1.46. The summed E-state index contributed by atoms with van der Waals surface area (Å²) in [5, 5.41) is 12.3. The first kappa shape index (κ1) is 31.3. The number of carbonyl (C=O) groups excluding carboxylic acids is 1. The molecule has 5 rings (SSSR count). The molecule has 4 aromatic rings. The van der Waals surface area contributed by atoms with Gasteiger partial charge in [0.15, 0.2) is 0 Å².